The summed E-state index contributed by atoms with van der Waals surface area (Å²) in [6, 6.07) is 13.4. The molecule has 2 aliphatic rings. The van der Waals surface area contributed by atoms with E-state index in [2.05, 4.69) is 51.0 Å². The van der Waals surface area contributed by atoms with E-state index < -0.39 is 0 Å². The summed E-state index contributed by atoms with van der Waals surface area (Å²) in [5.41, 5.74) is 2.86. The van der Waals surface area contributed by atoms with E-state index in [1.165, 1.54) is 22.5 Å². The van der Waals surface area contributed by atoms with E-state index in [-0.39, 0.29) is 36.8 Å². The van der Waals surface area contributed by atoms with Crippen LogP contribution in [0.3, 0.4) is 0 Å². The van der Waals surface area contributed by atoms with E-state index >= 15 is 0 Å². The summed E-state index contributed by atoms with van der Waals surface area (Å²) >= 11 is 14.4. The summed E-state index contributed by atoms with van der Waals surface area (Å²) < 4.78 is 0. The molecule has 10 heteroatoms. The lowest BCUT2D eigenvalue weighted by molar-refractivity contribution is 0.0480. The quantitative estimate of drug-likeness (QED) is 0.373. The van der Waals surface area contributed by atoms with E-state index in [0.717, 1.165) is 51.2 Å². The highest BCUT2D eigenvalue weighted by Gasteiger charge is 2.31. The average molecular weight is 614 g/mol. The number of hydrogen-bond acceptors (Lipinski definition) is 4. The van der Waals surface area contributed by atoms with E-state index in [4.69, 9.17) is 23.2 Å². The molecule has 1 amide bonds. The number of aromatic amines is 1. The van der Waals surface area contributed by atoms with Gasteiger partial charge >= 0.3 is 0 Å². The molecule has 2 saturated heterocycles. The SMILES string of the molecule is Cl.Cl.O=C(c1cc(Cl)cc(Cl)c1)N1CCN(CC#CCN2CCSCC2)C[C@H]1Cc1c[nH]c2ccccc12. The number of benzene rings is 2. The molecule has 1 aromatic heterocycles. The van der Waals surface area contributed by atoms with Gasteiger partial charge in [-0.25, -0.2) is 0 Å². The molecular formula is C28H32Cl4N4OS. The van der Waals surface area contributed by atoms with Crippen molar-refractivity contribution in [2.75, 3.05) is 57.3 Å². The fourth-order valence-electron chi connectivity index (χ4n) is 5.00. The first-order chi connectivity index (χ1) is 17.6. The molecule has 2 aliphatic heterocycles. The van der Waals surface area contributed by atoms with Crippen molar-refractivity contribution in [2.24, 2.45) is 0 Å². The summed E-state index contributed by atoms with van der Waals surface area (Å²) in [6.45, 7) is 6.01. The Hall–Kier alpha value is -1.56. The van der Waals surface area contributed by atoms with Gasteiger partial charge in [0, 0.05) is 83.0 Å². The van der Waals surface area contributed by atoms with Crippen LogP contribution in [0.25, 0.3) is 10.9 Å². The first kappa shape index (κ1) is 31.0. The van der Waals surface area contributed by atoms with Crippen LogP contribution in [-0.4, -0.2) is 89.0 Å². The van der Waals surface area contributed by atoms with E-state index in [9.17, 15) is 4.79 Å². The van der Waals surface area contributed by atoms with Crippen molar-refractivity contribution >= 4 is 76.6 Å². The molecule has 0 bridgehead atoms. The van der Waals surface area contributed by atoms with Crippen LogP contribution in [0, 0.1) is 11.8 Å². The number of carbonyl (C=O) groups excluding carboxylic acids is 1. The minimum atomic E-state index is -0.0297. The second kappa shape index (κ2) is 14.7. The molecule has 0 aliphatic carbocycles. The van der Waals surface area contributed by atoms with Gasteiger partial charge in [0.15, 0.2) is 0 Å². The number of carbonyl (C=O) groups is 1. The lowest BCUT2D eigenvalue weighted by atomic mass is 10.00. The maximum atomic E-state index is 13.6. The number of nitrogens with one attached hydrogen (secondary N) is 1. The summed E-state index contributed by atoms with van der Waals surface area (Å²) in [7, 11) is 0. The predicted octanol–water partition coefficient (Wildman–Crippen LogP) is 5.74. The second-order valence-corrected chi connectivity index (χ2v) is 11.4. The Morgan fingerprint density at radius 1 is 0.947 bits per heavy atom. The number of piperazine rings is 1. The number of nitrogens with zero attached hydrogens (tertiary/aromatic N) is 3. The Kier molecular flexibility index (Phi) is 12.0. The number of hydrogen-bond donors (Lipinski definition) is 1. The topological polar surface area (TPSA) is 42.6 Å². The molecule has 0 spiro atoms. The molecule has 5 rings (SSSR count). The Labute approximate surface area is 251 Å². The van der Waals surface area contributed by atoms with Gasteiger partial charge in [-0.05, 0) is 36.2 Å². The number of para-hydroxylation sites is 1. The van der Waals surface area contributed by atoms with E-state index in [0.29, 0.717) is 22.2 Å². The van der Waals surface area contributed by atoms with E-state index in [1.54, 1.807) is 18.2 Å². The van der Waals surface area contributed by atoms with Crippen molar-refractivity contribution in [3.8, 4) is 11.8 Å². The fourth-order valence-corrected chi connectivity index (χ4v) is 6.50. The summed E-state index contributed by atoms with van der Waals surface area (Å²) in [6.07, 6.45) is 2.83. The molecule has 1 atom stereocenters. The lowest BCUT2D eigenvalue weighted by Gasteiger charge is -2.41. The molecular weight excluding hydrogens is 582 g/mol. The number of rotatable bonds is 5. The van der Waals surface area contributed by atoms with Gasteiger partial charge in [-0.2, -0.15) is 11.8 Å². The number of halogens is 4. The standard InChI is InChI=1S/C28H30Cl2N4OS.2ClH/c29-23-15-21(16-24(30)18-23)28(35)34-10-9-33(8-4-3-7-32-11-13-36-14-12-32)20-25(34)17-22-19-31-27-6-2-1-5-26(22)27;;/h1-2,5-6,15-16,18-19,25,31H,7-14,17,20H2;2*1H/t25-;;/m1../s1. The summed E-state index contributed by atoms with van der Waals surface area (Å²) in [5, 5.41) is 2.15. The highest BCUT2D eigenvalue weighted by molar-refractivity contribution is 7.99. The van der Waals surface area contributed by atoms with Gasteiger partial charge in [-0.1, -0.05) is 53.2 Å². The predicted molar refractivity (Wildman–Crippen MR) is 166 cm³/mol. The van der Waals surface area contributed by atoms with Crippen LogP contribution in [0.5, 0.6) is 0 Å². The molecule has 3 heterocycles. The van der Waals surface area contributed by atoms with Gasteiger partial charge in [-0.15, -0.1) is 24.8 Å². The first-order valence-electron chi connectivity index (χ1n) is 12.4. The molecule has 0 saturated carbocycles. The van der Waals surface area contributed by atoms with Crippen LogP contribution in [-0.2, 0) is 6.42 Å². The Balaban J connectivity index is 0.00000200. The van der Waals surface area contributed by atoms with E-state index in [1.807, 2.05) is 22.7 Å². The third kappa shape index (κ3) is 7.76. The van der Waals surface area contributed by atoms with Crippen molar-refractivity contribution in [1.29, 1.82) is 0 Å². The summed E-state index contributed by atoms with van der Waals surface area (Å²) in [4.78, 5) is 23.7. The molecule has 204 valence electrons. The van der Waals surface area contributed by atoms with Crippen molar-refractivity contribution < 1.29 is 4.79 Å². The molecule has 1 N–H and O–H groups in total. The fraction of sp³-hybridized carbons (Fsp3) is 0.393. The molecule has 2 aromatic carbocycles. The highest BCUT2D eigenvalue weighted by atomic mass is 35.5. The van der Waals surface area contributed by atoms with Crippen molar-refractivity contribution in [1.82, 2.24) is 19.7 Å². The van der Waals surface area contributed by atoms with Gasteiger partial charge in [0.05, 0.1) is 13.1 Å². The number of amides is 1. The smallest absolute Gasteiger partial charge is 0.254 e. The monoisotopic (exact) mass is 612 g/mol. The number of H-pyrrole nitrogens is 1. The van der Waals surface area contributed by atoms with Gasteiger partial charge in [0.25, 0.3) is 5.91 Å². The van der Waals surface area contributed by atoms with Crippen molar-refractivity contribution in [2.45, 2.75) is 12.5 Å². The summed E-state index contributed by atoms with van der Waals surface area (Å²) in [5.74, 6) is 9.12. The third-order valence-electron chi connectivity index (χ3n) is 6.90. The lowest BCUT2D eigenvalue weighted by Crippen LogP contribution is -2.56. The number of fused-ring (bicyclic) bond motifs is 1. The molecule has 38 heavy (non-hydrogen) atoms. The Morgan fingerprint density at radius 2 is 1.63 bits per heavy atom. The van der Waals surface area contributed by atoms with Crippen LogP contribution < -0.4 is 0 Å². The molecule has 0 radical (unpaired) electrons. The van der Waals surface area contributed by atoms with Crippen molar-refractivity contribution in [3.05, 3.63) is 69.8 Å². The Bertz CT molecular complexity index is 1260. The van der Waals surface area contributed by atoms with Crippen LogP contribution >= 0.6 is 59.8 Å². The van der Waals surface area contributed by atoms with Crippen LogP contribution in [0.4, 0.5) is 0 Å². The van der Waals surface area contributed by atoms with Crippen LogP contribution in [0.1, 0.15) is 15.9 Å². The third-order valence-corrected chi connectivity index (χ3v) is 8.28. The van der Waals surface area contributed by atoms with Gasteiger partial charge in [-0.3, -0.25) is 14.6 Å². The van der Waals surface area contributed by atoms with Crippen molar-refractivity contribution in [3.63, 3.8) is 0 Å². The molecule has 5 nitrogen and oxygen atoms in total. The minimum Gasteiger partial charge on any atom is -0.361 e. The highest BCUT2D eigenvalue weighted by Crippen LogP contribution is 2.25. The molecule has 3 aromatic rings. The number of aromatic nitrogens is 1. The number of thioether (sulfide) groups is 1. The van der Waals surface area contributed by atoms with Crippen LogP contribution in [0.15, 0.2) is 48.7 Å². The zero-order valence-electron chi connectivity index (χ0n) is 21.0. The maximum Gasteiger partial charge on any atom is 0.254 e. The van der Waals surface area contributed by atoms with Gasteiger partial charge in [0.1, 0.15) is 0 Å². The zero-order chi connectivity index (χ0) is 24.9. The van der Waals surface area contributed by atoms with Crippen LogP contribution in [0.2, 0.25) is 10.0 Å². The second-order valence-electron chi connectivity index (χ2n) is 9.35. The zero-order valence-corrected chi connectivity index (χ0v) is 25.0. The Morgan fingerprint density at radius 3 is 2.37 bits per heavy atom. The van der Waals surface area contributed by atoms with Gasteiger partial charge in [0.2, 0.25) is 0 Å². The molecule has 2 fully saturated rings. The molecule has 0 unspecified atom stereocenters. The van der Waals surface area contributed by atoms with Gasteiger partial charge < -0.3 is 9.88 Å². The minimum absolute atomic E-state index is 0. The maximum absolute atomic E-state index is 13.6. The first-order valence-corrected chi connectivity index (χ1v) is 14.3. The average Bonchev–Trinajstić information content (AvgIpc) is 3.29. The largest absolute Gasteiger partial charge is 0.361 e. The normalized spacial score (nSPS) is 18.3.